The minimum absolute atomic E-state index is 0.212. The maximum Gasteiger partial charge on any atom is 0.0664 e. The average Bonchev–Trinajstić information content (AvgIpc) is 2.31. The predicted octanol–water partition coefficient (Wildman–Crippen LogP) is 4.16. The van der Waals surface area contributed by atoms with Gasteiger partial charge in [0.25, 0.3) is 0 Å². The topological polar surface area (TPSA) is 9.23 Å². The van der Waals surface area contributed by atoms with Crippen LogP contribution in [0, 0.1) is 16.7 Å². The second-order valence-corrected chi connectivity index (χ2v) is 7.74. The molecule has 1 saturated heterocycles. The van der Waals surface area contributed by atoms with Crippen LogP contribution in [0.3, 0.4) is 0 Å². The first kappa shape index (κ1) is 11.1. The Hall–Kier alpha value is -0.0400. The van der Waals surface area contributed by atoms with Gasteiger partial charge < -0.3 is 4.74 Å². The SMILES string of the molecule is CC1OC2(C)CCC3CCC(C)(C)CC31C2. The zero-order chi connectivity index (χ0) is 11.6. The first-order valence-corrected chi connectivity index (χ1v) is 7.03. The summed E-state index contributed by atoms with van der Waals surface area (Å²) in [5.74, 6) is 0.950. The summed E-state index contributed by atoms with van der Waals surface area (Å²) < 4.78 is 6.33. The quantitative estimate of drug-likeness (QED) is 0.598. The van der Waals surface area contributed by atoms with E-state index in [1.54, 1.807) is 0 Å². The molecular formula is C15H26O. The summed E-state index contributed by atoms with van der Waals surface area (Å²) in [5.41, 5.74) is 1.27. The fraction of sp³-hybridized carbons (Fsp3) is 1.00. The van der Waals surface area contributed by atoms with Gasteiger partial charge in [-0.25, -0.2) is 0 Å². The molecule has 3 rings (SSSR count). The Balaban J connectivity index is 1.96. The summed E-state index contributed by atoms with van der Waals surface area (Å²) in [7, 11) is 0. The van der Waals surface area contributed by atoms with Crippen LogP contribution in [-0.4, -0.2) is 11.7 Å². The van der Waals surface area contributed by atoms with Gasteiger partial charge in [0.1, 0.15) is 0 Å². The van der Waals surface area contributed by atoms with Crippen LogP contribution < -0.4 is 0 Å². The molecular weight excluding hydrogens is 196 g/mol. The lowest BCUT2D eigenvalue weighted by atomic mass is 9.51. The third-order valence-corrected chi connectivity index (χ3v) is 5.79. The molecule has 3 fully saturated rings. The molecule has 0 amide bonds. The molecule has 0 N–H and O–H groups in total. The number of hydrogen-bond acceptors (Lipinski definition) is 1. The molecule has 4 unspecified atom stereocenters. The van der Waals surface area contributed by atoms with E-state index in [0.717, 1.165) is 5.92 Å². The van der Waals surface area contributed by atoms with Crippen molar-refractivity contribution < 1.29 is 4.74 Å². The highest BCUT2D eigenvalue weighted by Crippen LogP contribution is 2.64. The van der Waals surface area contributed by atoms with Gasteiger partial charge in [0.05, 0.1) is 11.7 Å². The molecule has 1 spiro atoms. The normalized spacial score (nSPS) is 54.8. The van der Waals surface area contributed by atoms with E-state index < -0.39 is 0 Å². The fourth-order valence-corrected chi connectivity index (χ4v) is 5.14. The molecule has 1 nitrogen and oxygen atoms in total. The Labute approximate surface area is 99.9 Å². The highest BCUT2D eigenvalue weighted by atomic mass is 16.5. The number of ether oxygens (including phenoxy) is 1. The average molecular weight is 222 g/mol. The van der Waals surface area contributed by atoms with E-state index in [2.05, 4.69) is 27.7 Å². The van der Waals surface area contributed by atoms with Crippen LogP contribution in [0.1, 0.15) is 66.2 Å². The van der Waals surface area contributed by atoms with Gasteiger partial charge in [0, 0.05) is 5.41 Å². The van der Waals surface area contributed by atoms with Crippen LogP contribution in [0.4, 0.5) is 0 Å². The zero-order valence-electron chi connectivity index (χ0n) is 11.3. The van der Waals surface area contributed by atoms with Crippen molar-refractivity contribution in [1.82, 2.24) is 0 Å². The van der Waals surface area contributed by atoms with Crippen LogP contribution in [0.5, 0.6) is 0 Å². The summed E-state index contributed by atoms with van der Waals surface area (Å²) >= 11 is 0. The summed E-state index contributed by atoms with van der Waals surface area (Å²) in [6, 6.07) is 0. The third kappa shape index (κ3) is 1.40. The standard InChI is InChI=1S/C15H26O/c1-11-15-9-13(2,3)7-5-12(15)6-8-14(4,10-15)16-11/h11-12H,5-10H2,1-4H3. The van der Waals surface area contributed by atoms with E-state index in [1.165, 1.54) is 38.5 Å². The van der Waals surface area contributed by atoms with E-state index in [4.69, 9.17) is 4.74 Å². The van der Waals surface area contributed by atoms with E-state index >= 15 is 0 Å². The molecule has 0 aromatic carbocycles. The highest BCUT2D eigenvalue weighted by molar-refractivity contribution is 5.10. The molecule has 0 radical (unpaired) electrons. The van der Waals surface area contributed by atoms with Crippen LogP contribution in [-0.2, 0) is 4.74 Å². The van der Waals surface area contributed by atoms with E-state index in [0.29, 0.717) is 16.9 Å². The lowest BCUT2D eigenvalue weighted by molar-refractivity contribution is -0.0418. The number of hydrogen-bond donors (Lipinski definition) is 0. The third-order valence-electron chi connectivity index (χ3n) is 5.79. The number of rotatable bonds is 0. The lowest BCUT2D eigenvalue weighted by Crippen LogP contribution is -2.47. The lowest BCUT2D eigenvalue weighted by Gasteiger charge is -2.52. The second kappa shape index (κ2) is 3.04. The molecule has 0 aromatic rings. The smallest absolute Gasteiger partial charge is 0.0664 e. The number of fused-ring (bicyclic) bond motifs is 1. The molecule has 2 aliphatic carbocycles. The second-order valence-electron chi connectivity index (χ2n) is 7.74. The van der Waals surface area contributed by atoms with Gasteiger partial charge in [0.15, 0.2) is 0 Å². The Morgan fingerprint density at radius 2 is 1.69 bits per heavy atom. The van der Waals surface area contributed by atoms with Crippen molar-refractivity contribution in [2.45, 2.75) is 77.9 Å². The zero-order valence-corrected chi connectivity index (χ0v) is 11.3. The minimum atomic E-state index is 0.212. The Morgan fingerprint density at radius 3 is 2.44 bits per heavy atom. The maximum absolute atomic E-state index is 6.33. The van der Waals surface area contributed by atoms with Crippen molar-refractivity contribution in [2.24, 2.45) is 16.7 Å². The van der Waals surface area contributed by atoms with Crippen LogP contribution in [0.2, 0.25) is 0 Å². The monoisotopic (exact) mass is 222 g/mol. The van der Waals surface area contributed by atoms with Gasteiger partial charge in [-0.05, 0) is 63.7 Å². The van der Waals surface area contributed by atoms with E-state index in [-0.39, 0.29) is 5.60 Å². The van der Waals surface area contributed by atoms with Crippen molar-refractivity contribution in [3.8, 4) is 0 Å². The Kier molecular flexibility index (Phi) is 2.11. The molecule has 3 aliphatic rings. The molecule has 2 saturated carbocycles. The summed E-state index contributed by atoms with van der Waals surface area (Å²) in [5, 5.41) is 0. The molecule has 92 valence electrons. The van der Waals surface area contributed by atoms with Gasteiger partial charge in [-0.15, -0.1) is 0 Å². The minimum Gasteiger partial charge on any atom is -0.372 e. The van der Waals surface area contributed by atoms with Crippen molar-refractivity contribution in [3.05, 3.63) is 0 Å². The van der Waals surface area contributed by atoms with Crippen LogP contribution >= 0.6 is 0 Å². The molecule has 2 bridgehead atoms. The first-order valence-electron chi connectivity index (χ1n) is 7.03. The molecule has 1 heteroatoms. The largest absolute Gasteiger partial charge is 0.372 e. The van der Waals surface area contributed by atoms with Gasteiger partial charge in [-0.1, -0.05) is 13.8 Å². The van der Waals surface area contributed by atoms with Crippen molar-refractivity contribution in [3.63, 3.8) is 0 Å². The first-order chi connectivity index (χ1) is 7.35. The molecule has 4 atom stereocenters. The van der Waals surface area contributed by atoms with E-state index in [1.807, 2.05) is 0 Å². The van der Waals surface area contributed by atoms with Gasteiger partial charge in [-0.3, -0.25) is 0 Å². The molecule has 16 heavy (non-hydrogen) atoms. The van der Waals surface area contributed by atoms with Gasteiger partial charge >= 0.3 is 0 Å². The fourth-order valence-electron chi connectivity index (χ4n) is 5.14. The predicted molar refractivity (Wildman–Crippen MR) is 66.4 cm³/mol. The van der Waals surface area contributed by atoms with Crippen molar-refractivity contribution in [2.75, 3.05) is 0 Å². The Bertz CT molecular complexity index is 309. The van der Waals surface area contributed by atoms with E-state index in [9.17, 15) is 0 Å². The van der Waals surface area contributed by atoms with Crippen LogP contribution in [0.25, 0.3) is 0 Å². The Morgan fingerprint density at radius 1 is 1.00 bits per heavy atom. The van der Waals surface area contributed by atoms with Crippen molar-refractivity contribution in [1.29, 1.82) is 0 Å². The molecule has 1 aliphatic heterocycles. The van der Waals surface area contributed by atoms with Gasteiger partial charge in [0.2, 0.25) is 0 Å². The molecule has 0 aromatic heterocycles. The van der Waals surface area contributed by atoms with Gasteiger partial charge in [-0.2, -0.15) is 0 Å². The molecule has 1 heterocycles. The maximum atomic E-state index is 6.33. The van der Waals surface area contributed by atoms with Crippen molar-refractivity contribution >= 4 is 0 Å². The summed E-state index contributed by atoms with van der Waals surface area (Å²) in [6.45, 7) is 9.59. The van der Waals surface area contributed by atoms with Crippen LogP contribution in [0.15, 0.2) is 0 Å². The summed E-state index contributed by atoms with van der Waals surface area (Å²) in [6.07, 6.45) is 8.78. The summed E-state index contributed by atoms with van der Waals surface area (Å²) in [4.78, 5) is 0. The highest BCUT2D eigenvalue weighted by Gasteiger charge is 2.61.